The fourth-order valence-corrected chi connectivity index (χ4v) is 3.09. The first-order chi connectivity index (χ1) is 12.5. The Hall–Kier alpha value is -2.28. The van der Waals surface area contributed by atoms with Gasteiger partial charge >= 0.3 is 0 Å². The third-order valence-electron chi connectivity index (χ3n) is 4.97. The minimum Gasteiger partial charge on any atom is -0.356 e. The second-order valence-electron chi connectivity index (χ2n) is 7.31. The molecule has 0 bridgehead atoms. The number of piperidine rings is 1. The van der Waals surface area contributed by atoms with E-state index >= 15 is 0 Å². The average molecular weight is 360 g/mol. The molecule has 1 aromatic heterocycles. The van der Waals surface area contributed by atoms with Gasteiger partial charge in [0.05, 0.1) is 0 Å². The van der Waals surface area contributed by atoms with E-state index in [4.69, 9.17) is 4.52 Å². The number of halogens is 1. The van der Waals surface area contributed by atoms with Crippen LogP contribution in [0.5, 0.6) is 0 Å². The predicted octanol–water partition coefficient (Wildman–Crippen LogP) is 2.62. The third kappa shape index (κ3) is 4.66. The Kier molecular flexibility index (Phi) is 5.66. The number of nitrogens with one attached hydrogen (secondary N) is 2. The fourth-order valence-electron chi connectivity index (χ4n) is 3.09. The summed E-state index contributed by atoms with van der Waals surface area (Å²) in [6.45, 7) is 6.59. The topological polar surface area (TPSA) is 80.0 Å². The van der Waals surface area contributed by atoms with E-state index in [-0.39, 0.29) is 17.1 Å². The van der Waals surface area contributed by atoms with Gasteiger partial charge < -0.3 is 15.2 Å². The van der Waals surface area contributed by atoms with Crippen LogP contribution in [0.2, 0.25) is 0 Å². The van der Waals surface area contributed by atoms with Gasteiger partial charge in [0.25, 0.3) is 0 Å². The molecule has 1 fully saturated rings. The van der Waals surface area contributed by atoms with Gasteiger partial charge in [0.1, 0.15) is 5.82 Å². The third-order valence-corrected chi connectivity index (χ3v) is 4.97. The van der Waals surface area contributed by atoms with Gasteiger partial charge in [-0.05, 0) is 62.0 Å². The predicted molar refractivity (Wildman–Crippen MR) is 96.0 cm³/mol. The zero-order valence-electron chi connectivity index (χ0n) is 15.3. The lowest BCUT2D eigenvalue weighted by molar-refractivity contribution is -0.121. The van der Waals surface area contributed by atoms with Crippen molar-refractivity contribution in [3.63, 3.8) is 0 Å². The summed E-state index contributed by atoms with van der Waals surface area (Å²) >= 11 is 0. The van der Waals surface area contributed by atoms with E-state index in [0.29, 0.717) is 42.2 Å². The molecule has 26 heavy (non-hydrogen) atoms. The fraction of sp³-hybridized carbons (Fsp3) is 0.526. The van der Waals surface area contributed by atoms with Crippen molar-refractivity contribution >= 4 is 5.91 Å². The molecular weight excluding hydrogens is 335 g/mol. The van der Waals surface area contributed by atoms with E-state index in [2.05, 4.69) is 27.7 Å². The van der Waals surface area contributed by atoms with Crippen LogP contribution in [-0.2, 0) is 11.2 Å². The molecule has 1 aromatic carbocycles. The SMILES string of the molecule is Cc1cc(-c2noc(CCC(=O)NCC3(C)CCNCC3)n2)ccc1F. The van der Waals surface area contributed by atoms with Gasteiger partial charge in [-0.3, -0.25) is 4.79 Å². The summed E-state index contributed by atoms with van der Waals surface area (Å²) in [6, 6.07) is 4.68. The van der Waals surface area contributed by atoms with Crippen molar-refractivity contribution in [2.75, 3.05) is 19.6 Å². The Balaban J connectivity index is 1.49. The highest BCUT2D eigenvalue weighted by Crippen LogP contribution is 2.26. The minimum absolute atomic E-state index is 0.0119. The number of carbonyl (C=O) groups is 1. The summed E-state index contributed by atoms with van der Waals surface area (Å²) in [5.41, 5.74) is 1.39. The summed E-state index contributed by atoms with van der Waals surface area (Å²) in [5, 5.41) is 10.3. The number of rotatable bonds is 6. The molecule has 1 saturated heterocycles. The van der Waals surface area contributed by atoms with Gasteiger partial charge in [-0.25, -0.2) is 4.39 Å². The van der Waals surface area contributed by atoms with Crippen molar-refractivity contribution in [1.29, 1.82) is 0 Å². The molecule has 7 heteroatoms. The van der Waals surface area contributed by atoms with Crippen LogP contribution < -0.4 is 10.6 Å². The van der Waals surface area contributed by atoms with E-state index < -0.39 is 0 Å². The lowest BCUT2D eigenvalue weighted by atomic mass is 9.81. The molecule has 1 aliphatic heterocycles. The van der Waals surface area contributed by atoms with Crippen molar-refractivity contribution in [2.24, 2.45) is 5.41 Å². The van der Waals surface area contributed by atoms with Gasteiger partial charge in [0.2, 0.25) is 17.6 Å². The molecule has 1 aliphatic rings. The lowest BCUT2D eigenvalue weighted by Crippen LogP contribution is -2.42. The highest BCUT2D eigenvalue weighted by atomic mass is 19.1. The van der Waals surface area contributed by atoms with E-state index in [9.17, 15) is 9.18 Å². The Morgan fingerprint density at radius 1 is 1.38 bits per heavy atom. The maximum atomic E-state index is 13.4. The summed E-state index contributed by atoms with van der Waals surface area (Å²) in [7, 11) is 0. The van der Waals surface area contributed by atoms with Crippen LogP contribution in [0.15, 0.2) is 22.7 Å². The van der Waals surface area contributed by atoms with Crippen LogP contribution >= 0.6 is 0 Å². The number of amides is 1. The van der Waals surface area contributed by atoms with Crippen LogP contribution in [0.1, 0.15) is 37.6 Å². The monoisotopic (exact) mass is 360 g/mol. The second-order valence-corrected chi connectivity index (χ2v) is 7.31. The maximum absolute atomic E-state index is 13.4. The van der Waals surface area contributed by atoms with Crippen molar-refractivity contribution in [3.8, 4) is 11.4 Å². The molecule has 2 heterocycles. The standard InChI is InChI=1S/C19H25FN4O2/c1-13-11-14(3-4-15(13)20)18-23-17(26-24-18)6-5-16(25)22-12-19(2)7-9-21-10-8-19/h3-4,11,21H,5-10,12H2,1-2H3,(H,22,25). The van der Waals surface area contributed by atoms with Crippen LogP contribution in [0.4, 0.5) is 4.39 Å². The van der Waals surface area contributed by atoms with Crippen LogP contribution in [-0.4, -0.2) is 35.7 Å². The Morgan fingerprint density at radius 2 is 2.15 bits per heavy atom. The van der Waals surface area contributed by atoms with Gasteiger partial charge in [-0.2, -0.15) is 4.98 Å². The van der Waals surface area contributed by atoms with Crippen LogP contribution in [0.3, 0.4) is 0 Å². The number of benzene rings is 1. The van der Waals surface area contributed by atoms with Crippen LogP contribution in [0, 0.1) is 18.2 Å². The number of hydrogen-bond acceptors (Lipinski definition) is 5. The Morgan fingerprint density at radius 3 is 2.88 bits per heavy atom. The number of aryl methyl sites for hydroxylation is 2. The quantitative estimate of drug-likeness (QED) is 0.828. The molecule has 1 amide bonds. The Labute approximate surface area is 152 Å². The minimum atomic E-state index is -0.267. The van der Waals surface area contributed by atoms with Crippen LogP contribution in [0.25, 0.3) is 11.4 Å². The first-order valence-corrected chi connectivity index (χ1v) is 9.02. The summed E-state index contributed by atoms with van der Waals surface area (Å²) < 4.78 is 18.6. The maximum Gasteiger partial charge on any atom is 0.227 e. The molecule has 6 nitrogen and oxygen atoms in total. The highest BCUT2D eigenvalue weighted by molar-refractivity contribution is 5.76. The second kappa shape index (κ2) is 7.95. The van der Waals surface area contributed by atoms with Crippen molar-refractivity contribution < 1.29 is 13.7 Å². The highest BCUT2D eigenvalue weighted by Gasteiger charge is 2.27. The Bertz CT molecular complexity index is 769. The molecule has 0 aliphatic carbocycles. The van der Waals surface area contributed by atoms with Crippen molar-refractivity contribution in [1.82, 2.24) is 20.8 Å². The summed E-state index contributed by atoms with van der Waals surface area (Å²) in [4.78, 5) is 16.4. The number of aromatic nitrogens is 2. The number of hydrogen-bond donors (Lipinski definition) is 2. The van der Waals surface area contributed by atoms with Crippen molar-refractivity contribution in [3.05, 3.63) is 35.5 Å². The zero-order chi connectivity index (χ0) is 18.6. The molecule has 2 aromatic rings. The largest absolute Gasteiger partial charge is 0.356 e. The molecular formula is C19H25FN4O2. The first kappa shape index (κ1) is 18.5. The van der Waals surface area contributed by atoms with Gasteiger partial charge in [-0.15, -0.1) is 0 Å². The van der Waals surface area contributed by atoms with Gasteiger partial charge in [0, 0.05) is 24.9 Å². The molecule has 0 unspecified atom stereocenters. The zero-order valence-corrected chi connectivity index (χ0v) is 15.3. The number of nitrogens with zero attached hydrogens (tertiary/aromatic N) is 2. The van der Waals surface area contributed by atoms with Gasteiger partial charge in [0.15, 0.2) is 0 Å². The molecule has 0 spiro atoms. The van der Waals surface area contributed by atoms with Crippen molar-refractivity contribution in [2.45, 2.75) is 39.5 Å². The normalized spacial score (nSPS) is 16.4. The van der Waals surface area contributed by atoms with E-state index in [0.717, 1.165) is 25.9 Å². The molecule has 140 valence electrons. The average Bonchev–Trinajstić information content (AvgIpc) is 3.10. The van der Waals surface area contributed by atoms with Gasteiger partial charge in [-0.1, -0.05) is 12.1 Å². The molecule has 3 rings (SSSR count). The summed E-state index contributed by atoms with van der Waals surface area (Å²) in [5.74, 6) is 0.537. The molecule has 2 N–H and O–H groups in total. The molecule has 0 radical (unpaired) electrons. The number of carbonyl (C=O) groups excluding carboxylic acids is 1. The molecule has 0 atom stereocenters. The van der Waals surface area contributed by atoms with E-state index in [1.54, 1.807) is 19.1 Å². The first-order valence-electron chi connectivity index (χ1n) is 9.02. The lowest BCUT2D eigenvalue weighted by Gasteiger charge is -2.34. The van der Waals surface area contributed by atoms with E-state index in [1.165, 1.54) is 6.07 Å². The smallest absolute Gasteiger partial charge is 0.227 e. The molecule has 0 saturated carbocycles. The summed E-state index contributed by atoms with van der Waals surface area (Å²) in [6.07, 6.45) is 2.82. The van der Waals surface area contributed by atoms with E-state index in [1.807, 2.05) is 0 Å².